The average molecular weight is 430 g/mol. The van der Waals surface area contributed by atoms with Gasteiger partial charge in [-0.05, 0) is 49.1 Å². The fraction of sp³-hybridized carbons (Fsp3) is 0.565. The molecule has 0 atom stereocenters. The van der Waals surface area contributed by atoms with E-state index in [1.165, 1.54) is 4.90 Å². The van der Waals surface area contributed by atoms with Crippen LogP contribution in [0.15, 0.2) is 30.3 Å². The summed E-state index contributed by atoms with van der Waals surface area (Å²) >= 11 is 0. The third-order valence-electron chi connectivity index (χ3n) is 6.47. The van der Waals surface area contributed by atoms with Crippen LogP contribution in [0, 0.1) is 11.3 Å². The third-order valence-corrected chi connectivity index (χ3v) is 6.47. The first kappa shape index (κ1) is 22.8. The number of amides is 4. The number of esters is 1. The van der Waals surface area contributed by atoms with Crippen molar-refractivity contribution >= 4 is 29.5 Å². The van der Waals surface area contributed by atoms with Gasteiger partial charge in [-0.3, -0.25) is 19.3 Å². The molecule has 1 heterocycles. The van der Waals surface area contributed by atoms with Gasteiger partial charge in [-0.25, -0.2) is 4.79 Å². The van der Waals surface area contributed by atoms with E-state index >= 15 is 0 Å². The number of likely N-dealkylation sites (N-methyl/N-ethyl adjacent to an activating group) is 1. The predicted molar refractivity (Wildman–Crippen MR) is 115 cm³/mol. The molecule has 1 aromatic rings. The molecule has 1 N–H and O–H groups in total. The molecule has 0 unspecified atom stereocenters. The minimum atomic E-state index is -0.928. The molecule has 168 valence electrons. The average Bonchev–Trinajstić information content (AvgIpc) is 2.95. The molecule has 31 heavy (non-hydrogen) atoms. The number of para-hydroxylation sites is 1. The lowest BCUT2D eigenvalue weighted by Crippen LogP contribution is -2.50. The van der Waals surface area contributed by atoms with Gasteiger partial charge in [0, 0.05) is 12.7 Å². The van der Waals surface area contributed by atoms with E-state index in [0.717, 1.165) is 17.7 Å². The number of benzene rings is 1. The van der Waals surface area contributed by atoms with Crippen molar-refractivity contribution < 1.29 is 23.9 Å². The summed E-state index contributed by atoms with van der Waals surface area (Å²) in [7, 11) is 1.58. The minimum absolute atomic E-state index is 0.149. The molecule has 2 aliphatic rings. The van der Waals surface area contributed by atoms with Crippen LogP contribution >= 0.6 is 0 Å². The van der Waals surface area contributed by atoms with Crippen LogP contribution in [0.5, 0.6) is 0 Å². The molecule has 4 amide bonds. The molecule has 1 aliphatic carbocycles. The van der Waals surface area contributed by atoms with E-state index < -0.39 is 36.6 Å². The Hall–Kier alpha value is -2.90. The second-order valence-electron chi connectivity index (χ2n) is 9.49. The van der Waals surface area contributed by atoms with Crippen molar-refractivity contribution in [2.24, 2.45) is 11.3 Å². The fourth-order valence-electron chi connectivity index (χ4n) is 4.34. The summed E-state index contributed by atoms with van der Waals surface area (Å²) < 4.78 is 5.04. The quantitative estimate of drug-likeness (QED) is 0.574. The SMILES string of the molecule is CN(C(=O)COC(=O)CN1C(=O)NC2(CCC(C(C)(C)C)CC2)C1=O)c1ccccc1. The first-order valence-electron chi connectivity index (χ1n) is 10.6. The number of ether oxygens (including phenoxy) is 1. The number of hydrogen-bond acceptors (Lipinski definition) is 5. The molecule has 1 aromatic carbocycles. The van der Waals surface area contributed by atoms with E-state index in [1.54, 1.807) is 31.3 Å². The number of nitrogens with zero attached hydrogens (tertiary/aromatic N) is 2. The van der Waals surface area contributed by atoms with Crippen molar-refractivity contribution in [3.05, 3.63) is 30.3 Å². The number of nitrogens with one attached hydrogen (secondary N) is 1. The zero-order chi connectivity index (χ0) is 22.8. The van der Waals surface area contributed by atoms with Gasteiger partial charge in [0.25, 0.3) is 11.8 Å². The number of carbonyl (C=O) groups is 4. The maximum atomic E-state index is 13.0. The van der Waals surface area contributed by atoms with E-state index in [9.17, 15) is 19.2 Å². The first-order chi connectivity index (χ1) is 14.5. The molecule has 0 bridgehead atoms. The molecule has 1 saturated heterocycles. The maximum absolute atomic E-state index is 13.0. The van der Waals surface area contributed by atoms with Crippen molar-refractivity contribution in [1.29, 1.82) is 0 Å². The zero-order valence-corrected chi connectivity index (χ0v) is 18.6. The molecule has 1 aliphatic heterocycles. The Morgan fingerprint density at radius 1 is 1.16 bits per heavy atom. The molecule has 8 nitrogen and oxygen atoms in total. The Balaban J connectivity index is 1.53. The summed E-state index contributed by atoms with van der Waals surface area (Å²) in [4.78, 5) is 52.2. The van der Waals surface area contributed by atoms with Gasteiger partial charge in [0.15, 0.2) is 6.61 Å². The maximum Gasteiger partial charge on any atom is 0.326 e. The molecule has 0 radical (unpaired) electrons. The number of carbonyl (C=O) groups excluding carboxylic acids is 4. The Kier molecular flexibility index (Phi) is 6.38. The van der Waals surface area contributed by atoms with Crippen LogP contribution in [0.3, 0.4) is 0 Å². The third kappa shape index (κ3) is 4.89. The van der Waals surface area contributed by atoms with Gasteiger partial charge in [0.05, 0.1) is 0 Å². The summed E-state index contributed by atoms with van der Waals surface area (Å²) in [6.07, 6.45) is 2.80. The highest BCUT2D eigenvalue weighted by atomic mass is 16.5. The van der Waals surface area contributed by atoms with Gasteiger partial charge < -0.3 is 15.0 Å². The largest absolute Gasteiger partial charge is 0.454 e. The van der Waals surface area contributed by atoms with Crippen LogP contribution in [-0.2, 0) is 19.1 Å². The minimum Gasteiger partial charge on any atom is -0.454 e. The lowest BCUT2D eigenvalue weighted by atomic mass is 9.67. The van der Waals surface area contributed by atoms with Crippen LogP contribution in [0.1, 0.15) is 46.5 Å². The fourth-order valence-corrected chi connectivity index (χ4v) is 4.34. The number of imide groups is 1. The van der Waals surface area contributed by atoms with Crippen molar-refractivity contribution in [3.63, 3.8) is 0 Å². The van der Waals surface area contributed by atoms with Gasteiger partial charge in [-0.15, -0.1) is 0 Å². The second-order valence-corrected chi connectivity index (χ2v) is 9.49. The number of hydrogen-bond donors (Lipinski definition) is 1. The van der Waals surface area contributed by atoms with Gasteiger partial charge in [0.1, 0.15) is 12.1 Å². The Morgan fingerprint density at radius 3 is 2.35 bits per heavy atom. The van der Waals surface area contributed by atoms with E-state index in [-0.39, 0.29) is 11.3 Å². The van der Waals surface area contributed by atoms with Crippen molar-refractivity contribution in [3.8, 4) is 0 Å². The number of rotatable bonds is 5. The van der Waals surface area contributed by atoms with Crippen molar-refractivity contribution in [1.82, 2.24) is 10.2 Å². The van der Waals surface area contributed by atoms with Crippen LogP contribution < -0.4 is 10.2 Å². The first-order valence-corrected chi connectivity index (χ1v) is 10.6. The lowest BCUT2D eigenvalue weighted by Gasteiger charge is -2.40. The molecule has 8 heteroatoms. The molecular formula is C23H31N3O5. The van der Waals surface area contributed by atoms with Crippen molar-refractivity contribution in [2.45, 2.75) is 52.0 Å². The summed E-state index contributed by atoms with van der Waals surface area (Å²) in [5.41, 5.74) is -0.107. The summed E-state index contributed by atoms with van der Waals surface area (Å²) in [6, 6.07) is 8.38. The summed E-state index contributed by atoms with van der Waals surface area (Å²) in [5, 5.41) is 2.81. The molecule has 0 aromatic heterocycles. The Bertz CT molecular complexity index is 854. The van der Waals surface area contributed by atoms with E-state index in [2.05, 4.69) is 26.1 Å². The normalized spacial score (nSPS) is 23.6. The van der Waals surface area contributed by atoms with Gasteiger partial charge in [-0.1, -0.05) is 39.0 Å². The molecule has 2 fully saturated rings. The zero-order valence-electron chi connectivity index (χ0n) is 18.6. The monoisotopic (exact) mass is 429 g/mol. The van der Waals surface area contributed by atoms with Crippen LogP contribution in [-0.4, -0.2) is 54.5 Å². The van der Waals surface area contributed by atoms with Gasteiger partial charge in [-0.2, -0.15) is 0 Å². The smallest absolute Gasteiger partial charge is 0.326 e. The van der Waals surface area contributed by atoms with Gasteiger partial charge in [0.2, 0.25) is 0 Å². The van der Waals surface area contributed by atoms with Crippen LogP contribution in [0.4, 0.5) is 10.5 Å². The van der Waals surface area contributed by atoms with E-state index in [4.69, 9.17) is 4.74 Å². The highest BCUT2D eigenvalue weighted by Gasteiger charge is 2.53. The predicted octanol–water partition coefficient (Wildman–Crippen LogP) is 2.72. The van der Waals surface area contributed by atoms with E-state index in [1.807, 2.05) is 6.07 Å². The topological polar surface area (TPSA) is 96.0 Å². The standard InChI is InChI=1S/C23H31N3O5/c1-22(2,3)16-10-12-23(13-11-16)20(29)26(21(30)24-23)14-19(28)31-15-18(27)25(4)17-8-6-5-7-9-17/h5-9,16H,10-15H2,1-4H3,(H,24,30). The van der Waals surface area contributed by atoms with Gasteiger partial charge >= 0.3 is 12.0 Å². The van der Waals surface area contributed by atoms with Crippen LogP contribution in [0.25, 0.3) is 0 Å². The highest BCUT2D eigenvalue weighted by molar-refractivity contribution is 6.08. The van der Waals surface area contributed by atoms with Crippen LogP contribution in [0.2, 0.25) is 0 Å². The molecule has 3 rings (SSSR count). The van der Waals surface area contributed by atoms with E-state index in [0.29, 0.717) is 24.4 Å². The Morgan fingerprint density at radius 2 is 1.77 bits per heavy atom. The Labute approximate surface area is 182 Å². The number of anilines is 1. The summed E-state index contributed by atoms with van der Waals surface area (Å²) in [5.74, 6) is -1.10. The highest BCUT2D eigenvalue weighted by Crippen LogP contribution is 2.43. The number of urea groups is 1. The van der Waals surface area contributed by atoms with Crippen molar-refractivity contribution in [2.75, 3.05) is 25.1 Å². The molecule has 1 spiro atoms. The summed E-state index contributed by atoms with van der Waals surface area (Å²) in [6.45, 7) is 5.58. The lowest BCUT2D eigenvalue weighted by molar-refractivity contribution is -0.150. The molecular weight excluding hydrogens is 398 g/mol. The second kappa shape index (κ2) is 8.69. The molecule has 1 saturated carbocycles.